The number of nitrogens with one attached hydrogen (secondary N) is 2. The van der Waals surface area contributed by atoms with E-state index >= 15 is 0 Å². The molecule has 0 bridgehead atoms. The van der Waals surface area contributed by atoms with Crippen LogP contribution in [0, 0.1) is 5.92 Å². The van der Waals surface area contributed by atoms with E-state index in [9.17, 15) is 9.59 Å². The molecule has 0 aromatic heterocycles. The third-order valence-electron chi connectivity index (χ3n) is 3.71. The highest BCUT2D eigenvalue weighted by Crippen LogP contribution is 2.26. The van der Waals surface area contributed by atoms with Gasteiger partial charge in [-0.3, -0.25) is 4.79 Å². The maximum atomic E-state index is 12.1. The summed E-state index contributed by atoms with van der Waals surface area (Å²) in [5.74, 6) is 0.0880. The van der Waals surface area contributed by atoms with Crippen molar-refractivity contribution in [3.05, 3.63) is 0 Å². The lowest BCUT2D eigenvalue weighted by Gasteiger charge is -2.37. The molecule has 1 aliphatic rings. The molecule has 1 rings (SSSR count). The highest BCUT2D eigenvalue weighted by atomic mass is 16.6. The number of carbonyl (C=O) groups excluding carboxylic acids is 2. The van der Waals surface area contributed by atoms with Crippen molar-refractivity contribution in [2.24, 2.45) is 5.92 Å². The van der Waals surface area contributed by atoms with Crippen LogP contribution >= 0.6 is 0 Å². The van der Waals surface area contributed by atoms with Gasteiger partial charge in [0, 0.05) is 32.1 Å². The number of likely N-dealkylation sites (N-methyl/N-ethyl adjacent to an activating group) is 1. The second-order valence-electron chi connectivity index (χ2n) is 6.89. The van der Waals surface area contributed by atoms with Crippen LogP contribution < -0.4 is 10.6 Å². The van der Waals surface area contributed by atoms with Crippen molar-refractivity contribution < 1.29 is 14.3 Å². The average molecular weight is 299 g/mol. The number of hydrogen-bond donors (Lipinski definition) is 2. The zero-order valence-corrected chi connectivity index (χ0v) is 14.0. The first kappa shape index (κ1) is 17.8. The van der Waals surface area contributed by atoms with Crippen LogP contribution in [0.3, 0.4) is 0 Å². The van der Waals surface area contributed by atoms with Gasteiger partial charge in [0.25, 0.3) is 0 Å². The summed E-state index contributed by atoms with van der Waals surface area (Å²) < 4.78 is 5.30. The maximum absolute atomic E-state index is 12.1. The summed E-state index contributed by atoms with van der Waals surface area (Å²) >= 11 is 0. The highest BCUT2D eigenvalue weighted by molar-refractivity contribution is 5.78. The van der Waals surface area contributed by atoms with Gasteiger partial charge in [-0.1, -0.05) is 0 Å². The second kappa shape index (κ2) is 7.11. The molecule has 0 radical (unpaired) electrons. The topological polar surface area (TPSA) is 70.7 Å². The minimum atomic E-state index is -0.521. The number of carbonyl (C=O) groups is 2. The van der Waals surface area contributed by atoms with Crippen LogP contribution in [0.25, 0.3) is 0 Å². The molecule has 0 aromatic rings. The van der Waals surface area contributed by atoms with Crippen LogP contribution in [0.1, 0.15) is 40.0 Å². The summed E-state index contributed by atoms with van der Waals surface area (Å²) in [4.78, 5) is 25.7. The van der Waals surface area contributed by atoms with Crippen LogP contribution in [0.15, 0.2) is 0 Å². The standard InChI is InChI=1S/C15H29N3O3/c1-15(2,3)21-14(20)17-12-9-10(13(19)18(5)6)7-8-11(12)16-4/h10-12,16H,7-9H2,1-6H3,(H,17,20)/t10-,11-,12+/m0/s1. The Kier molecular flexibility index (Phi) is 6.01. The Balaban J connectivity index is 2.67. The van der Waals surface area contributed by atoms with Crippen molar-refractivity contribution in [1.29, 1.82) is 0 Å². The van der Waals surface area contributed by atoms with Crippen molar-refractivity contribution in [2.75, 3.05) is 21.1 Å². The van der Waals surface area contributed by atoms with Crippen LogP contribution in [0.5, 0.6) is 0 Å². The van der Waals surface area contributed by atoms with Crippen LogP contribution in [0.2, 0.25) is 0 Å². The summed E-state index contributed by atoms with van der Waals surface area (Å²) in [6.45, 7) is 5.50. The Hall–Kier alpha value is -1.30. The van der Waals surface area contributed by atoms with Gasteiger partial charge >= 0.3 is 6.09 Å². The van der Waals surface area contributed by atoms with Crippen LogP contribution in [-0.4, -0.2) is 55.7 Å². The smallest absolute Gasteiger partial charge is 0.407 e. The van der Waals surface area contributed by atoms with Crippen molar-refractivity contribution in [3.63, 3.8) is 0 Å². The molecule has 0 aromatic carbocycles. The molecule has 1 fully saturated rings. The van der Waals surface area contributed by atoms with E-state index in [4.69, 9.17) is 4.74 Å². The fraction of sp³-hybridized carbons (Fsp3) is 0.867. The van der Waals surface area contributed by atoms with Crippen molar-refractivity contribution in [2.45, 2.75) is 57.7 Å². The molecule has 6 heteroatoms. The summed E-state index contributed by atoms with van der Waals surface area (Å²) in [5.41, 5.74) is -0.521. The molecule has 2 N–H and O–H groups in total. The second-order valence-corrected chi connectivity index (χ2v) is 6.89. The summed E-state index contributed by atoms with van der Waals surface area (Å²) in [6.07, 6.45) is 1.92. The number of ether oxygens (including phenoxy) is 1. The molecule has 0 aliphatic heterocycles. The minimum Gasteiger partial charge on any atom is -0.444 e. The Bertz CT molecular complexity index is 377. The molecule has 0 spiro atoms. The summed E-state index contributed by atoms with van der Waals surface area (Å²) in [7, 11) is 5.41. The van der Waals surface area contributed by atoms with Gasteiger partial charge in [0.05, 0.1) is 0 Å². The molecule has 122 valence electrons. The summed E-state index contributed by atoms with van der Waals surface area (Å²) in [6, 6.07) is 0.0798. The molecule has 0 heterocycles. The Morgan fingerprint density at radius 1 is 1.14 bits per heavy atom. The van der Waals surface area contributed by atoms with Gasteiger partial charge in [-0.15, -0.1) is 0 Å². The number of amides is 2. The first-order chi connectivity index (χ1) is 9.64. The van der Waals surface area contributed by atoms with Crippen molar-refractivity contribution in [3.8, 4) is 0 Å². The van der Waals surface area contributed by atoms with Gasteiger partial charge in [0.2, 0.25) is 5.91 Å². The molecular formula is C15H29N3O3. The zero-order chi connectivity index (χ0) is 16.2. The first-order valence-corrected chi connectivity index (χ1v) is 7.52. The zero-order valence-electron chi connectivity index (χ0n) is 14.0. The number of rotatable bonds is 3. The average Bonchev–Trinajstić information content (AvgIpc) is 2.35. The van der Waals surface area contributed by atoms with E-state index in [-0.39, 0.29) is 23.9 Å². The molecule has 6 nitrogen and oxygen atoms in total. The van der Waals surface area contributed by atoms with Crippen molar-refractivity contribution in [1.82, 2.24) is 15.5 Å². The minimum absolute atomic E-state index is 0.0375. The van der Waals surface area contributed by atoms with Gasteiger partial charge in [0.1, 0.15) is 5.60 Å². The lowest BCUT2D eigenvalue weighted by Crippen LogP contribution is -2.54. The molecule has 3 atom stereocenters. The van der Waals surface area contributed by atoms with Crippen LogP contribution in [0.4, 0.5) is 4.79 Å². The van der Waals surface area contributed by atoms with Gasteiger partial charge < -0.3 is 20.3 Å². The van der Waals surface area contributed by atoms with E-state index in [1.54, 1.807) is 19.0 Å². The normalized spacial score (nSPS) is 26.1. The molecule has 21 heavy (non-hydrogen) atoms. The maximum Gasteiger partial charge on any atom is 0.407 e. The monoisotopic (exact) mass is 299 g/mol. The van der Waals surface area contributed by atoms with Gasteiger partial charge in [-0.25, -0.2) is 4.79 Å². The largest absolute Gasteiger partial charge is 0.444 e. The highest BCUT2D eigenvalue weighted by Gasteiger charge is 2.35. The van der Waals surface area contributed by atoms with E-state index in [0.29, 0.717) is 6.42 Å². The number of hydrogen-bond acceptors (Lipinski definition) is 4. The van der Waals surface area contributed by atoms with E-state index in [0.717, 1.165) is 12.8 Å². The molecule has 1 aliphatic carbocycles. The van der Waals surface area contributed by atoms with E-state index in [1.165, 1.54) is 0 Å². The number of alkyl carbamates (subject to hydrolysis) is 1. The Morgan fingerprint density at radius 2 is 1.76 bits per heavy atom. The quantitative estimate of drug-likeness (QED) is 0.825. The molecular weight excluding hydrogens is 270 g/mol. The molecule has 0 saturated heterocycles. The fourth-order valence-corrected chi connectivity index (χ4v) is 2.72. The predicted octanol–water partition coefficient (Wildman–Crippen LogP) is 1.36. The van der Waals surface area contributed by atoms with E-state index in [2.05, 4.69) is 10.6 Å². The molecule has 1 saturated carbocycles. The van der Waals surface area contributed by atoms with E-state index < -0.39 is 11.7 Å². The third-order valence-corrected chi connectivity index (χ3v) is 3.71. The number of nitrogens with zero attached hydrogens (tertiary/aromatic N) is 1. The fourth-order valence-electron chi connectivity index (χ4n) is 2.72. The van der Waals surface area contributed by atoms with Gasteiger partial charge in [0.15, 0.2) is 0 Å². The molecule has 2 amide bonds. The Morgan fingerprint density at radius 3 is 2.24 bits per heavy atom. The molecule has 0 unspecified atom stereocenters. The van der Waals surface area contributed by atoms with Gasteiger partial charge in [-0.2, -0.15) is 0 Å². The Labute approximate surface area is 127 Å². The van der Waals surface area contributed by atoms with Gasteiger partial charge in [-0.05, 0) is 47.1 Å². The summed E-state index contributed by atoms with van der Waals surface area (Å²) in [5, 5.41) is 6.12. The van der Waals surface area contributed by atoms with E-state index in [1.807, 2.05) is 27.8 Å². The third kappa shape index (κ3) is 5.53. The first-order valence-electron chi connectivity index (χ1n) is 7.52. The SMILES string of the molecule is CN[C@H]1CC[C@H](C(=O)N(C)C)C[C@H]1NC(=O)OC(C)(C)C. The lowest BCUT2D eigenvalue weighted by atomic mass is 9.81. The lowest BCUT2D eigenvalue weighted by molar-refractivity contribution is -0.134. The predicted molar refractivity (Wildman–Crippen MR) is 82.0 cm³/mol. The van der Waals surface area contributed by atoms with Crippen LogP contribution in [-0.2, 0) is 9.53 Å². The van der Waals surface area contributed by atoms with Crippen molar-refractivity contribution >= 4 is 12.0 Å².